The maximum Gasteiger partial charge on any atom is 0.238 e. The minimum Gasteiger partial charge on any atom is -0.332 e. The number of anilines is 2. The number of nitrogens with one attached hydrogen (secondary N) is 2. The zero-order chi connectivity index (χ0) is 18.2. The Hall–Kier alpha value is -2.07. The fraction of sp³-hybridized carbons (Fsp3) is 0.125. The number of sulfonamides is 1. The van der Waals surface area contributed by atoms with Gasteiger partial charge in [0.25, 0.3) is 0 Å². The molecule has 4 N–H and O–H groups in total. The summed E-state index contributed by atoms with van der Waals surface area (Å²) in [7, 11) is -3.70. The molecule has 1 heterocycles. The number of aryl methyl sites for hydroxylation is 2. The van der Waals surface area contributed by atoms with Crippen molar-refractivity contribution in [3.8, 4) is 0 Å². The molecule has 3 aromatic rings. The van der Waals surface area contributed by atoms with Crippen LogP contribution < -0.4 is 15.8 Å². The zero-order valence-electron chi connectivity index (χ0n) is 13.5. The van der Waals surface area contributed by atoms with E-state index in [1.165, 1.54) is 34.6 Å². The van der Waals surface area contributed by atoms with Crippen LogP contribution in [0.25, 0.3) is 10.2 Å². The minimum atomic E-state index is -3.70. The summed E-state index contributed by atoms with van der Waals surface area (Å²) >= 11 is 6.80. The van der Waals surface area contributed by atoms with Crippen molar-refractivity contribution in [2.75, 3.05) is 10.6 Å². The molecule has 0 atom stereocenters. The molecule has 6 nitrogen and oxygen atoms in total. The number of rotatable bonds is 3. The SMILES string of the molecule is Cc1cc2nc(NC(=S)Nc3ccc(S(N)(=O)=O)cc3)sc2cc1C. The lowest BCUT2D eigenvalue weighted by Gasteiger charge is -2.08. The van der Waals surface area contributed by atoms with Crippen LogP contribution in [0.5, 0.6) is 0 Å². The van der Waals surface area contributed by atoms with Gasteiger partial charge in [0.15, 0.2) is 10.2 Å². The van der Waals surface area contributed by atoms with E-state index >= 15 is 0 Å². The van der Waals surface area contributed by atoms with Crippen LogP contribution in [-0.2, 0) is 10.0 Å². The number of hydrogen-bond donors (Lipinski definition) is 3. The highest BCUT2D eigenvalue weighted by Crippen LogP contribution is 2.28. The molecule has 2 aromatic carbocycles. The van der Waals surface area contributed by atoms with E-state index in [1.807, 2.05) is 0 Å². The Labute approximate surface area is 155 Å². The number of aromatic nitrogens is 1. The first-order valence-corrected chi connectivity index (χ1v) is 10.1. The largest absolute Gasteiger partial charge is 0.332 e. The average Bonchev–Trinajstić information content (AvgIpc) is 2.88. The average molecular weight is 393 g/mol. The molecule has 0 aliphatic rings. The topological polar surface area (TPSA) is 97.1 Å². The van der Waals surface area contributed by atoms with Crippen molar-refractivity contribution in [2.45, 2.75) is 18.7 Å². The number of primary sulfonamides is 1. The molecule has 130 valence electrons. The second-order valence-corrected chi connectivity index (χ2v) is 8.57. The van der Waals surface area contributed by atoms with Crippen LogP contribution in [0.1, 0.15) is 11.1 Å². The summed E-state index contributed by atoms with van der Waals surface area (Å²) in [4.78, 5) is 4.58. The van der Waals surface area contributed by atoms with Gasteiger partial charge in [-0.2, -0.15) is 0 Å². The predicted octanol–water partition coefficient (Wildman–Crippen LogP) is 3.37. The molecule has 9 heteroatoms. The molecule has 0 radical (unpaired) electrons. The van der Waals surface area contributed by atoms with Gasteiger partial charge < -0.3 is 10.6 Å². The standard InChI is InChI=1S/C16H16N4O2S3/c1-9-7-13-14(8-10(9)2)24-16(19-13)20-15(23)18-11-3-5-12(6-4-11)25(17,21)22/h3-8H,1-2H3,(H2,17,21,22)(H2,18,19,20,23). The second-order valence-electron chi connectivity index (χ2n) is 5.57. The number of hydrogen-bond acceptors (Lipinski definition) is 5. The lowest BCUT2D eigenvalue weighted by atomic mass is 10.1. The van der Waals surface area contributed by atoms with E-state index in [0.29, 0.717) is 15.9 Å². The molecule has 3 rings (SSSR count). The Bertz CT molecular complexity index is 1020. The lowest BCUT2D eigenvalue weighted by molar-refractivity contribution is 0.598. The first-order valence-electron chi connectivity index (χ1n) is 7.31. The smallest absolute Gasteiger partial charge is 0.238 e. The van der Waals surface area contributed by atoms with Crippen LogP contribution >= 0.6 is 23.6 Å². The van der Waals surface area contributed by atoms with E-state index in [9.17, 15) is 8.42 Å². The highest BCUT2D eigenvalue weighted by Gasteiger charge is 2.09. The quantitative estimate of drug-likeness (QED) is 0.591. The van der Waals surface area contributed by atoms with E-state index in [0.717, 1.165) is 10.2 Å². The fourth-order valence-electron chi connectivity index (χ4n) is 2.22. The van der Waals surface area contributed by atoms with Gasteiger partial charge >= 0.3 is 0 Å². The monoisotopic (exact) mass is 392 g/mol. The van der Waals surface area contributed by atoms with Crippen molar-refractivity contribution in [1.82, 2.24) is 4.98 Å². The molecule has 0 bridgehead atoms. The van der Waals surface area contributed by atoms with Crippen molar-refractivity contribution < 1.29 is 8.42 Å². The third-order valence-electron chi connectivity index (χ3n) is 3.67. The van der Waals surface area contributed by atoms with Crippen molar-refractivity contribution in [1.29, 1.82) is 0 Å². The molecule has 0 aliphatic heterocycles. The molecule has 0 fully saturated rings. The number of benzene rings is 2. The van der Waals surface area contributed by atoms with Gasteiger partial charge in [-0.25, -0.2) is 18.5 Å². The summed E-state index contributed by atoms with van der Waals surface area (Å²) in [6, 6.07) is 10.2. The highest BCUT2D eigenvalue weighted by molar-refractivity contribution is 7.89. The summed E-state index contributed by atoms with van der Waals surface area (Å²) in [5.41, 5.74) is 3.99. The Morgan fingerprint density at radius 3 is 2.40 bits per heavy atom. The van der Waals surface area contributed by atoms with Crippen LogP contribution in [0.2, 0.25) is 0 Å². The van der Waals surface area contributed by atoms with Crippen molar-refractivity contribution in [3.63, 3.8) is 0 Å². The van der Waals surface area contributed by atoms with Gasteiger partial charge in [-0.05, 0) is 73.6 Å². The molecular formula is C16H16N4O2S3. The molecule has 0 aliphatic carbocycles. The molecular weight excluding hydrogens is 376 g/mol. The summed E-state index contributed by atoms with van der Waals surface area (Å²) in [5, 5.41) is 12.2. The predicted molar refractivity (Wildman–Crippen MR) is 107 cm³/mol. The minimum absolute atomic E-state index is 0.0499. The molecule has 0 saturated heterocycles. The van der Waals surface area contributed by atoms with Crippen LogP contribution in [0.4, 0.5) is 10.8 Å². The number of thiazole rings is 1. The van der Waals surface area contributed by atoms with Crippen LogP contribution in [-0.4, -0.2) is 18.5 Å². The lowest BCUT2D eigenvalue weighted by Crippen LogP contribution is -2.19. The summed E-state index contributed by atoms with van der Waals surface area (Å²) < 4.78 is 23.6. The molecule has 1 aromatic heterocycles. The Kier molecular flexibility index (Phi) is 4.74. The van der Waals surface area contributed by atoms with E-state index < -0.39 is 10.0 Å². The first-order chi connectivity index (χ1) is 11.7. The van der Waals surface area contributed by atoms with Gasteiger partial charge in [0.1, 0.15) is 0 Å². The first kappa shape index (κ1) is 17.7. The highest BCUT2D eigenvalue weighted by atomic mass is 32.2. The van der Waals surface area contributed by atoms with Crippen molar-refractivity contribution >= 4 is 59.7 Å². The molecule has 0 saturated carbocycles. The van der Waals surface area contributed by atoms with Gasteiger partial charge in [0, 0.05) is 5.69 Å². The number of nitrogens with two attached hydrogens (primary N) is 1. The molecule has 0 amide bonds. The number of fused-ring (bicyclic) bond motifs is 1. The van der Waals surface area contributed by atoms with Crippen LogP contribution in [0, 0.1) is 13.8 Å². The number of nitrogens with zero attached hydrogens (tertiary/aromatic N) is 1. The van der Waals surface area contributed by atoms with Gasteiger partial charge in [-0.1, -0.05) is 11.3 Å². The van der Waals surface area contributed by atoms with Crippen molar-refractivity contribution in [2.24, 2.45) is 5.14 Å². The normalized spacial score (nSPS) is 11.5. The Morgan fingerprint density at radius 2 is 1.76 bits per heavy atom. The van der Waals surface area contributed by atoms with E-state index in [1.54, 1.807) is 12.1 Å². The molecule has 0 unspecified atom stereocenters. The van der Waals surface area contributed by atoms with Gasteiger partial charge in [0.05, 0.1) is 15.1 Å². The fourth-order valence-corrected chi connectivity index (χ4v) is 3.97. The number of thiocarbonyl (C=S) groups is 1. The second kappa shape index (κ2) is 6.68. The van der Waals surface area contributed by atoms with E-state index in [4.69, 9.17) is 17.4 Å². The molecule has 25 heavy (non-hydrogen) atoms. The third-order valence-corrected chi connectivity index (χ3v) is 5.73. The van der Waals surface area contributed by atoms with E-state index in [-0.39, 0.29) is 4.90 Å². The van der Waals surface area contributed by atoms with Gasteiger partial charge in [-0.15, -0.1) is 0 Å². The van der Waals surface area contributed by atoms with Gasteiger partial charge in [-0.3, -0.25) is 0 Å². The maximum absolute atomic E-state index is 11.3. The summed E-state index contributed by atoms with van der Waals surface area (Å²) in [6.45, 7) is 4.12. The summed E-state index contributed by atoms with van der Waals surface area (Å²) in [6.07, 6.45) is 0. The maximum atomic E-state index is 11.3. The van der Waals surface area contributed by atoms with Crippen LogP contribution in [0.3, 0.4) is 0 Å². The van der Waals surface area contributed by atoms with Gasteiger partial charge in [0.2, 0.25) is 10.0 Å². The van der Waals surface area contributed by atoms with Crippen molar-refractivity contribution in [3.05, 3.63) is 47.5 Å². The van der Waals surface area contributed by atoms with Crippen LogP contribution in [0.15, 0.2) is 41.3 Å². The Morgan fingerprint density at radius 1 is 1.12 bits per heavy atom. The summed E-state index contributed by atoms with van der Waals surface area (Å²) in [5.74, 6) is 0. The third kappa shape index (κ3) is 4.13. The van der Waals surface area contributed by atoms with E-state index in [2.05, 4.69) is 41.6 Å². The molecule has 0 spiro atoms. The zero-order valence-corrected chi connectivity index (χ0v) is 16.0. The Balaban J connectivity index is 1.72.